The maximum absolute atomic E-state index is 14.2. The summed E-state index contributed by atoms with van der Waals surface area (Å²) in [6, 6.07) is 12.1. The predicted octanol–water partition coefficient (Wildman–Crippen LogP) is 5.26. The van der Waals surface area contributed by atoms with Crippen molar-refractivity contribution in [3.8, 4) is 5.69 Å². The van der Waals surface area contributed by atoms with Crippen molar-refractivity contribution in [2.75, 3.05) is 36.5 Å². The Morgan fingerprint density at radius 3 is 2.11 bits per heavy atom. The van der Waals surface area contributed by atoms with Gasteiger partial charge in [-0.15, -0.1) is 0 Å². The van der Waals surface area contributed by atoms with E-state index in [2.05, 4.69) is 10.3 Å². The van der Waals surface area contributed by atoms with Gasteiger partial charge >= 0.3 is 6.18 Å². The first-order chi connectivity index (χ1) is 17.2. The van der Waals surface area contributed by atoms with Crippen molar-refractivity contribution < 1.29 is 26.7 Å². The highest BCUT2D eigenvalue weighted by Gasteiger charge is 2.36. The van der Waals surface area contributed by atoms with E-state index in [1.807, 2.05) is 0 Å². The molecule has 0 saturated carbocycles. The molecule has 0 unspecified atom stereocenters. The first kappa shape index (κ1) is 23.7. The molecule has 6 nitrogen and oxygen atoms in total. The fourth-order valence-corrected chi connectivity index (χ4v) is 4.10. The molecule has 1 saturated heterocycles. The van der Waals surface area contributed by atoms with Gasteiger partial charge in [0.1, 0.15) is 23.3 Å². The molecule has 0 atom stereocenters. The molecule has 5 rings (SSSR count). The second kappa shape index (κ2) is 9.23. The van der Waals surface area contributed by atoms with Gasteiger partial charge in [0.2, 0.25) is 0 Å². The minimum absolute atomic E-state index is 0.0346. The molecule has 1 N–H and O–H groups in total. The van der Waals surface area contributed by atoms with Crippen LogP contribution in [0.4, 0.5) is 39.3 Å². The molecule has 0 amide bonds. The molecule has 0 bridgehead atoms. The zero-order valence-corrected chi connectivity index (χ0v) is 18.6. The molecule has 1 aliphatic rings. The Labute approximate surface area is 201 Å². The standard InChI is InChI=1S/C25H19F5N4O2/c26-15-1-5-17(6-2-15)31-22-14-20(35)23-19(25(28,29)30)13-21(33-9-11-36-12-10-33)32-24(23)34(22)18-7-3-16(27)4-8-18/h1-8,13-14,31H,9-12H2. The first-order valence-corrected chi connectivity index (χ1v) is 11.0. The Bertz CT molecular complexity index is 1460. The molecular formula is C25H19F5N4O2. The number of morpholine rings is 1. The minimum Gasteiger partial charge on any atom is -0.378 e. The number of aromatic nitrogens is 2. The topological polar surface area (TPSA) is 59.4 Å². The highest BCUT2D eigenvalue weighted by atomic mass is 19.4. The normalized spacial score (nSPS) is 14.3. The van der Waals surface area contributed by atoms with Crippen LogP contribution in [0.2, 0.25) is 0 Å². The summed E-state index contributed by atoms with van der Waals surface area (Å²) >= 11 is 0. The highest BCUT2D eigenvalue weighted by molar-refractivity contribution is 5.86. The van der Waals surface area contributed by atoms with Gasteiger partial charge < -0.3 is 15.0 Å². The van der Waals surface area contributed by atoms with E-state index in [4.69, 9.17) is 4.74 Å². The zero-order chi connectivity index (χ0) is 25.4. The van der Waals surface area contributed by atoms with E-state index in [0.29, 0.717) is 32.0 Å². The average Bonchev–Trinajstić information content (AvgIpc) is 2.86. The van der Waals surface area contributed by atoms with E-state index in [1.54, 1.807) is 4.90 Å². The SMILES string of the molecule is O=c1cc(Nc2ccc(F)cc2)n(-c2ccc(F)cc2)c2nc(N3CCOCC3)cc(C(F)(F)F)c12. The van der Waals surface area contributed by atoms with E-state index < -0.39 is 34.2 Å². The van der Waals surface area contributed by atoms with Crippen molar-refractivity contribution in [2.24, 2.45) is 0 Å². The first-order valence-electron chi connectivity index (χ1n) is 11.0. The number of hydrogen-bond donors (Lipinski definition) is 1. The van der Waals surface area contributed by atoms with Gasteiger partial charge in [0.25, 0.3) is 0 Å². The fraction of sp³-hybridized carbons (Fsp3) is 0.200. The summed E-state index contributed by atoms with van der Waals surface area (Å²) in [5.74, 6) is -0.922. The molecule has 2 aromatic heterocycles. The lowest BCUT2D eigenvalue weighted by Gasteiger charge is -2.29. The molecule has 11 heteroatoms. The Hall–Kier alpha value is -3.99. The third-order valence-electron chi connectivity index (χ3n) is 5.80. The summed E-state index contributed by atoms with van der Waals surface area (Å²) in [6.07, 6.45) is -4.84. The van der Waals surface area contributed by atoms with Gasteiger partial charge in [-0.05, 0) is 54.6 Å². The maximum atomic E-state index is 14.2. The number of halogens is 5. The molecule has 4 aromatic rings. The summed E-state index contributed by atoms with van der Waals surface area (Å²) in [6.45, 7) is 1.28. The van der Waals surface area contributed by atoms with Gasteiger partial charge in [-0.1, -0.05) is 0 Å². The number of benzene rings is 2. The number of nitrogens with zero attached hydrogens (tertiary/aromatic N) is 3. The van der Waals surface area contributed by atoms with Gasteiger partial charge in [-0.25, -0.2) is 13.8 Å². The van der Waals surface area contributed by atoms with Crippen LogP contribution in [0.25, 0.3) is 16.7 Å². The van der Waals surface area contributed by atoms with Crippen LogP contribution in [-0.2, 0) is 10.9 Å². The fourth-order valence-electron chi connectivity index (χ4n) is 4.10. The zero-order valence-electron chi connectivity index (χ0n) is 18.6. The summed E-state index contributed by atoms with van der Waals surface area (Å²) in [5.41, 5.74) is -1.63. The lowest BCUT2D eigenvalue weighted by atomic mass is 10.1. The molecule has 3 heterocycles. The van der Waals surface area contributed by atoms with Gasteiger partial charge in [0, 0.05) is 30.5 Å². The van der Waals surface area contributed by atoms with Crippen LogP contribution in [0.1, 0.15) is 5.56 Å². The number of hydrogen-bond acceptors (Lipinski definition) is 5. The van der Waals surface area contributed by atoms with Gasteiger partial charge in [-0.3, -0.25) is 9.36 Å². The molecule has 0 spiro atoms. The third kappa shape index (κ3) is 4.61. The van der Waals surface area contributed by atoms with Crippen molar-refractivity contribution in [1.82, 2.24) is 9.55 Å². The van der Waals surface area contributed by atoms with Crippen molar-refractivity contribution in [1.29, 1.82) is 0 Å². The maximum Gasteiger partial charge on any atom is 0.417 e. The summed E-state index contributed by atoms with van der Waals surface area (Å²) in [5, 5.41) is 2.33. The Kier molecular flexibility index (Phi) is 6.09. The van der Waals surface area contributed by atoms with Crippen molar-refractivity contribution in [3.05, 3.63) is 88.1 Å². The van der Waals surface area contributed by atoms with Crippen LogP contribution in [0.15, 0.2) is 65.5 Å². The molecule has 1 aliphatic heterocycles. The predicted molar refractivity (Wildman–Crippen MR) is 125 cm³/mol. The van der Waals surface area contributed by atoms with E-state index in [9.17, 15) is 26.7 Å². The molecule has 186 valence electrons. The van der Waals surface area contributed by atoms with Crippen LogP contribution in [0.3, 0.4) is 0 Å². The number of alkyl halides is 3. The molecule has 2 aromatic carbocycles. The van der Waals surface area contributed by atoms with Crippen LogP contribution in [-0.4, -0.2) is 35.9 Å². The van der Waals surface area contributed by atoms with Crippen molar-refractivity contribution in [3.63, 3.8) is 0 Å². The second-order valence-electron chi connectivity index (χ2n) is 8.16. The Balaban J connectivity index is 1.83. The molecular weight excluding hydrogens is 483 g/mol. The number of pyridine rings is 2. The summed E-state index contributed by atoms with van der Waals surface area (Å²) < 4.78 is 76.3. The largest absolute Gasteiger partial charge is 0.417 e. The summed E-state index contributed by atoms with van der Waals surface area (Å²) in [4.78, 5) is 19.2. The van der Waals surface area contributed by atoms with Crippen LogP contribution in [0.5, 0.6) is 0 Å². The third-order valence-corrected chi connectivity index (χ3v) is 5.80. The number of fused-ring (bicyclic) bond motifs is 1. The quantitative estimate of drug-likeness (QED) is 0.386. The van der Waals surface area contributed by atoms with Gasteiger partial charge in [0.05, 0.1) is 24.2 Å². The number of anilines is 3. The number of nitrogens with one attached hydrogen (secondary N) is 1. The molecule has 36 heavy (non-hydrogen) atoms. The van der Waals surface area contributed by atoms with Crippen LogP contribution >= 0.6 is 0 Å². The minimum atomic E-state index is -4.84. The Morgan fingerprint density at radius 1 is 0.889 bits per heavy atom. The number of ether oxygens (including phenoxy) is 1. The van der Waals surface area contributed by atoms with Gasteiger partial charge in [-0.2, -0.15) is 13.2 Å². The van der Waals surface area contributed by atoms with E-state index in [0.717, 1.165) is 24.3 Å². The van der Waals surface area contributed by atoms with Gasteiger partial charge in [0.15, 0.2) is 11.1 Å². The lowest BCUT2D eigenvalue weighted by Crippen LogP contribution is -2.37. The summed E-state index contributed by atoms with van der Waals surface area (Å²) in [7, 11) is 0. The Morgan fingerprint density at radius 2 is 1.50 bits per heavy atom. The average molecular weight is 502 g/mol. The van der Waals surface area contributed by atoms with Crippen molar-refractivity contribution >= 4 is 28.4 Å². The smallest absolute Gasteiger partial charge is 0.378 e. The van der Waals surface area contributed by atoms with E-state index >= 15 is 0 Å². The lowest BCUT2D eigenvalue weighted by molar-refractivity contribution is -0.136. The van der Waals surface area contributed by atoms with E-state index in [1.165, 1.54) is 41.0 Å². The highest BCUT2D eigenvalue weighted by Crippen LogP contribution is 2.37. The monoisotopic (exact) mass is 502 g/mol. The molecule has 0 aliphatic carbocycles. The van der Waals surface area contributed by atoms with Crippen LogP contribution in [0, 0.1) is 11.6 Å². The number of rotatable bonds is 4. The van der Waals surface area contributed by atoms with Crippen molar-refractivity contribution in [2.45, 2.75) is 6.18 Å². The second-order valence-corrected chi connectivity index (χ2v) is 8.16. The molecule has 1 fully saturated rings. The van der Waals surface area contributed by atoms with E-state index in [-0.39, 0.29) is 23.0 Å². The van der Waals surface area contributed by atoms with Crippen LogP contribution < -0.4 is 15.6 Å². The molecule has 0 radical (unpaired) electrons.